The highest BCUT2D eigenvalue weighted by atomic mass is 16.5. The number of hydrogen-bond acceptors (Lipinski definition) is 6. The topological polar surface area (TPSA) is 107 Å². The predicted molar refractivity (Wildman–Crippen MR) is 59.5 cm³/mol. The molecule has 0 bridgehead atoms. The number of carbonyl (C=O) groups excluding carboxylic acids is 1. The van der Waals surface area contributed by atoms with Gasteiger partial charge in [-0.1, -0.05) is 0 Å². The van der Waals surface area contributed by atoms with Crippen LogP contribution in [0.4, 0.5) is 0 Å². The maximum Gasteiger partial charge on any atom is 0.204 e. The monoisotopic (exact) mass is 248 g/mol. The van der Waals surface area contributed by atoms with Crippen LogP contribution in [-0.4, -0.2) is 32.3 Å². The number of fused-ring (bicyclic) bond motifs is 3. The third kappa shape index (κ3) is 1.14. The second kappa shape index (κ2) is 3.19. The maximum absolute atomic E-state index is 11.6. The molecule has 0 fully saturated rings. The molecule has 0 saturated heterocycles. The Morgan fingerprint density at radius 3 is 2.56 bits per heavy atom. The van der Waals surface area contributed by atoms with Crippen LogP contribution >= 0.6 is 0 Å². The first-order chi connectivity index (χ1) is 8.50. The molecule has 0 radical (unpaired) electrons. The van der Waals surface area contributed by atoms with Gasteiger partial charge in [0.2, 0.25) is 11.5 Å². The molecule has 1 aromatic carbocycles. The van der Waals surface area contributed by atoms with Crippen LogP contribution in [0.3, 0.4) is 0 Å². The number of rotatable bonds is 0. The second-order valence-electron chi connectivity index (χ2n) is 4.00. The van der Waals surface area contributed by atoms with E-state index >= 15 is 0 Å². The average molecular weight is 248 g/mol. The SMILES string of the molecule is O=C1C=C(O)C(O)=C2c3ccc(O)c(O)c3OC12. The quantitative estimate of drug-likeness (QED) is 0.513. The molecule has 4 N–H and O–H groups in total. The normalized spacial score (nSPS) is 21.2. The zero-order valence-corrected chi connectivity index (χ0v) is 8.91. The van der Waals surface area contributed by atoms with Crippen LogP contribution in [0.5, 0.6) is 17.2 Å². The van der Waals surface area contributed by atoms with E-state index < -0.39 is 34.9 Å². The number of benzene rings is 1. The van der Waals surface area contributed by atoms with E-state index in [1.807, 2.05) is 0 Å². The summed E-state index contributed by atoms with van der Waals surface area (Å²) in [6.07, 6.45) is -0.254. The Morgan fingerprint density at radius 2 is 1.83 bits per heavy atom. The van der Waals surface area contributed by atoms with Crippen molar-refractivity contribution >= 4 is 11.4 Å². The molecule has 18 heavy (non-hydrogen) atoms. The minimum atomic E-state index is -1.11. The Bertz CT molecular complexity index is 640. The molecule has 0 aromatic heterocycles. The van der Waals surface area contributed by atoms with Crippen LogP contribution < -0.4 is 4.74 Å². The number of aliphatic hydroxyl groups excluding tert-OH is 2. The highest BCUT2D eigenvalue weighted by molar-refractivity contribution is 6.09. The summed E-state index contributed by atoms with van der Waals surface area (Å²) in [7, 11) is 0. The van der Waals surface area contributed by atoms with E-state index in [1.165, 1.54) is 12.1 Å². The van der Waals surface area contributed by atoms with Crippen molar-refractivity contribution in [1.82, 2.24) is 0 Å². The summed E-state index contributed by atoms with van der Waals surface area (Å²) < 4.78 is 5.22. The lowest BCUT2D eigenvalue weighted by Crippen LogP contribution is -2.27. The van der Waals surface area contributed by atoms with Crippen LogP contribution in [0.15, 0.2) is 29.7 Å². The van der Waals surface area contributed by atoms with Gasteiger partial charge in [-0.05, 0) is 12.1 Å². The fraction of sp³-hybridized carbons (Fsp3) is 0.0833. The van der Waals surface area contributed by atoms with E-state index in [0.717, 1.165) is 6.08 Å². The number of ether oxygens (including phenoxy) is 1. The molecule has 3 rings (SSSR count). The van der Waals surface area contributed by atoms with Gasteiger partial charge in [0.1, 0.15) is 0 Å². The van der Waals surface area contributed by atoms with Crippen molar-refractivity contribution in [3.63, 3.8) is 0 Å². The highest BCUT2D eigenvalue weighted by Crippen LogP contribution is 2.49. The van der Waals surface area contributed by atoms with E-state index in [1.54, 1.807) is 0 Å². The molecule has 0 amide bonds. The van der Waals surface area contributed by atoms with Crippen LogP contribution in [0.2, 0.25) is 0 Å². The van der Waals surface area contributed by atoms with Gasteiger partial charge in [0, 0.05) is 11.6 Å². The van der Waals surface area contributed by atoms with Crippen molar-refractivity contribution in [3.8, 4) is 17.2 Å². The highest BCUT2D eigenvalue weighted by Gasteiger charge is 2.41. The smallest absolute Gasteiger partial charge is 0.204 e. The van der Waals surface area contributed by atoms with Gasteiger partial charge >= 0.3 is 0 Å². The Morgan fingerprint density at radius 1 is 1.11 bits per heavy atom. The summed E-state index contributed by atoms with van der Waals surface area (Å²) in [5.74, 6) is -2.54. The first-order valence-electron chi connectivity index (χ1n) is 5.10. The number of aromatic hydroxyl groups is 2. The van der Waals surface area contributed by atoms with E-state index in [2.05, 4.69) is 0 Å². The van der Waals surface area contributed by atoms with Crippen LogP contribution in [0.1, 0.15) is 5.56 Å². The first kappa shape index (κ1) is 10.5. The Labute approximate surface area is 101 Å². The third-order valence-corrected chi connectivity index (χ3v) is 2.93. The molecule has 0 saturated carbocycles. The van der Waals surface area contributed by atoms with Gasteiger partial charge in [0.25, 0.3) is 0 Å². The molecular formula is C12H8O6. The van der Waals surface area contributed by atoms with E-state index in [4.69, 9.17) is 4.74 Å². The number of carbonyl (C=O) groups is 1. The molecule has 1 atom stereocenters. The van der Waals surface area contributed by atoms with Gasteiger partial charge in [-0.25, -0.2) is 0 Å². The van der Waals surface area contributed by atoms with E-state index in [-0.39, 0.29) is 16.9 Å². The number of aliphatic hydroxyl groups is 2. The van der Waals surface area contributed by atoms with Crippen molar-refractivity contribution in [2.45, 2.75) is 6.10 Å². The summed E-state index contributed by atoms with van der Waals surface area (Å²) in [6.45, 7) is 0. The number of phenolic OH excluding ortho intramolecular Hbond substituents is 2. The van der Waals surface area contributed by atoms with Crippen molar-refractivity contribution in [1.29, 1.82) is 0 Å². The minimum absolute atomic E-state index is 0.0852. The molecule has 92 valence electrons. The fourth-order valence-corrected chi connectivity index (χ4v) is 2.08. The van der Waals surface area contributed by atoms with Gasteiger partial charge in [0.05, 0.1) is 5.57 Å². The van der Waals surface area contributed by atoms with Crippen LogP contribution in [0.25, 0.3) is 5.57 Å². The molecule has 1 aliphatic heterocycles. The Kier molecular flexibility index (Phi) is 1.87. The molecule has 2 aliphatic rings. The van der Waals surface area contributed by atoms with E-state index in [9.17, 15) is 25.2 Å². The van der Waals surface area contributed by atoms with Crippen LogP contribution in [-0.2, 0) is 4.79 Å². The first-order valence-corrected chi connectivity index (χ1v) is 5.10. The molecule has 0 spiro atoms. The molecule has 1 aromatic rings. The third-order valence-electron chi connectivity index (χ3n) is 2.93. The van der Waals surface area contributed by atoms with E-state index in [0.29, 0.717) is 0 Å². The zero-order valence-electron chi connectivity index (χ0n) is 8.91. The zero-order chi connectivity index (χ0) is 13.0. The molecule has 6 nitrogen and oxygen atoms in total. The lowest BCUT2D eigenvalue weighted by atomic mass is 9.93. The standard InChI is InChI=1S/C12H8O6/c13-5-2-1-4-8-9(16)6(14)3-7(15)12(8)18-11(4)10(5)17/h1-3,12-14,16-17H. The molecular weight excluding hydrogens is 240 g/mol. The van der Waals surface area contributed by atoms with Crippen molar-refractivity contribution in [3.05, 3.63) is 35.3 Å². The summed E-state index contributed by atoms with van der Waals surface area (Å²) in [4.78, 5) is 11.6. The number of hydrogen-bond donors (Lipinski definition) is 4. The molecule has 1 unspecified atom stereocenters. The lowest BCUT2D eigenvalue weighted by molar-refractivity contribution is -0.118. The van der Waals surface area contributed by atoms with Crippen molar-refractivity contribution < 1.29 is 30.0 Å². The van der Waals surface area contributed by atoms with Gasteiger partial charge in [-0.15, -0.1) is 0 Å². The summed E-state index contributed by atoms with van der Waals surface area (Å²) in [6, 6.07) is 2.60. The van der Waals surface area contributed by atoms with Crippen LogP contribution in [0, 0.1) is 0 Å². The molecule has 1 heterocycles. The summed E-state index contributed by atoms with van der Waals surface area (Å²) in [5.41, 5.74) is 0.353. The fourth-order valence-electron chi connectivity index (χ4n) is 2.08. The summed E-state index contributed by atoms with van der Waals surface area (Å²) >= 11 is 0. The number of phenols is 2. The largest absolute Gasteiger partial charge is 0.504 e. The second-order valence-corrected chi connectivity index (χ2v) is 4.00. The minimum Gasteiger partial charge on any atom is -0.504 e. The van der Waals surface area contributed by atoms with Crippen molar-refractivity contribution in [2.75, 3.05) is 0 Å². The van der Waals surface area contributed by atoms with Gasteiger partial charge < -0.3 is 25.2 Å². The van der Waals surface area contributed by atoms with Gasteiger partial charge in [-0.2, -0.15) is 0 Å². The predicted octanol–water partition coefficient (Wildman–Crippen LogP) is 1.15. The van der Waals surface area contributed by atoms with Gasteiger partial charge in [0.15, 0.2) is 29.1 Å². The Balaban J connectivity index is 2.29. The molecule has 1 aliphatic carbocycles. The van der Waals surface area contributed by atoms with Gasteiger partial charge in [-0.3, -0.25) is 4.79 Å². The van der Waals surface area contributed by atoms with Crippen molar-refractivity contribution in [2.24, 2.45) is 0 Å². The average Bonchev–Trinajstić information content (AvgIpc) is 2.72. The summed E-state index contributed by atoms with van der Waals surface area (Å²) in [5, 5.41) is 38.1. The number of ketones is 1. The Hall–Kier alpha value is -2.63. The maximum atomic E-state index is 11.6. The lowest BCUT2D eigenvalue weighted by Gasteiger charge is -2.15. The molecule has 6 heteroatoms.